The first kappa shape index (κ1) is 19.3. The zero-order valence-electron chi connectivity index (χ0n) is 17.2. The molecule has 0 spiro atoms. The molecule has 0 bridgehead atoms. The van der Waals surface area contributed by atoms with Gasteiger partial charge in [-0.2, -0.15) is 0 Å². The van der Waals surface area contributed by atoms with Crippen LogP contribution in [0.15, 0.2) is 40.8 Å². The van der Waals surface area contributed by atoms with Gasteiger partial charge < -0.3 is 9.32 Å². The molecule has 150 valence electrons. The van der Waals surface area contributed by atoms with Crippen LogP contribution in [0, 0.1) is 12.8 Å². The van der Waals surface area contributed by atoms with E-state index in [1.165, 1.54) is 24.0 Å². The lowest BCUT2D eigenvalue weighted by Gasteiger charge is -2.31. The molecule has 4 rings (SSSR count). The van der Waals surface area contributed by atoms with Gasteiger partial charge in [0.15, 0.2) is 0 Å². The highest BCUT2D eigenvalue weighted by Gasteiger charge is 2.29. The van der Waals surface area contributed by atoms with Crippen LogP contribution >= 0.6 is 0 Å². The summed E-state index contributed by atoms with van der Waals surface area (Å²) in [6.45, 7) is 7.41. The smallest absolute Gasteiger partial charge is 0.219 e. The molecule has 2 fully saturated rings. The van der Waals surface area contributed by atoms with Gasteiger partial charge >= 0.3 is 0 Å². The SMILES string of the molecule is CC(=O)N1CCC(Cc2ccc(CN(Cc3ccc(C)o3)C3CC3)cc2)CC1. The van der Waals surface area contributed by atoms with Crippen molar-refractivity contribution in [1.82, 2.24) is 9.80 Å². The highest BCUT2D eigenvalue weighted by molar-refractivity contribution is 5.73. The van der Waals surface area contributed by atoms with Gasteiger partial charge in [0.25, 0.3) is 0 Å². The summed E-state index contributed by atoms with van der Waals surface area (Å²) in [4.78, 5) is 16.0. The Morgan fingerprint density at radius 3 is 2.25 bits per heavy atom. The summed E-state index contributed by atoms with van der Waals surface area (Å²) >= 11 is 0. The molecule has 0 N–H and O–H groups in total. The summed E-state index contributed by atoms with van der Waals surface area (Å²) in [5.74, 6) is 2.97. The van der Waals surface area contributed by atoms with Crippen molar-refractivity contribution in [2.24, 2.45) is 5.92 Å². The number of hydrogen-bond acceptors (Lipinski definition) is 3. The minimum Gasteiger partial charge on any atom is -0.465 e. The number of furan rings is 1. The fourth-order valence-corrected chi connectivity index (χ4v) is 4.32. The van der Waals surface area contributed by atoms with Crippen molar-refractivity contribution in [2.45, 2.75) is 65.1 Å². The van der Waals surface area contributed by atoms with E-state index in [-0.39, 0.29) is 5.91 Å². The number of carbonyl (C=O) groups excluding carboxylic acids is 1. The van der Waals surface area contributed by atoms with Crippen LogP contribution in [0.2, 0.25) is 0 Å². The maximum atomic E-state index is 11.5. The zero-order chi connectivity index (χ0) is 19.5. The van der Waals surface area contributed by atoms with Crippen molar-refractivity contribution in [3.63, 3.8) is 0 Å². The second-order valence-corrected chi connectivity index (χ2v) is 8.62. The monoisotopic (exact) mass is 380 g/mol. The quantitative estimate of drug-likeness (QED) is 0.707. The summed E-state index contributed by atoms with van der Waals surface area (Å²) in [6, 6.07) is 14.0. The molecule has 2 heterocycles. The van der Waals surface area contributed by atoms with Crippen molar-refractivity contribution in [3.05, 3.63) is 59.0 Å². The molecule has 1 aliphatic carbocycles. The molecule has 1 saturated carbocycles. The lowest BCUT2D eigenvalue weighted by molar-refractivity contribution is -0.130. The van der Waals surface area contributed by atoms with Crippen LogP contribution in [-0.4, -0.2) is 34.8 Å². The fourth-order valence-electron chi connectivity index (χ4n) is 4.32. The van der Waals surface area contributed by atoms with Crippen molar-refractivity contribution in [1.29, 1.82) is 0 Å². The minimum absolute atomic E-state index is 0.215. The second-order valence-electron chi connectivity index (χ2n) is 8.62. The standard InChI is InChI=1S/C24H32N2O2/c1-18-3-10-24(28-18)17-26(23-8-9-23)16-22-6-4-20(5-7-22)15-21-11-13-25(14-12-21)19(2)27/h3-7,10,21,23H,8-9,11-17H2,1-2H3. The van der Waals surface area contributed by atoms with Gasteiger partial charge in [0.05, 0.1) is 6.54 Å². The van der Waals surface area contributed by atoms with E-state index in [1.54, 1.807) is 6.92 Å². The number of nitrogens with zero attached hydrogens (tertiary/aromatic N) is 2. The van der Waals surface area contributed by atoms with Crippen LogP contribution in [0.4, 0.5) is 0 Å². The van der Waals surface area contributed by atoms with Crippen LogP contribution in [0.3, 0.4) is 0 Å². The Morgan fingerprint density at radius 2 is 1.68 bits per heavy atom. The average molecular weight is 381 g/mol. The Hall–Kier alpha value is -2.07. The molecule has 1 amide bonds. The largest absolute Gasteiger partial charge is 0.465 e. The lowest BCUT2D eigenvalue weighted by Crippen LogP contribution is -2.37. The summed E-state index contributed by atoms with van der Waals surface area (Å²) in [6.07, 6.45) is 5.98. The molecule has 1 aromatic heterocycles. The molecule has 0 atom stereocenters. The third kappa shape index (κ3) is 5.05. The number of amides is 1. The Labute approximate surface area is 168 Å². The third-order valence-electron chi connectivity index (χ3n) is 6.21. The summed E-state index contributed by atoms with van der Waals surface area (Å²) in [5.41, 5.74) is 2.80. The van der Waals surface area contributed by atoms with E-state index in [0.717, 1.165) is 57.0 Å². The first-order chi connectivity index (χ1) is 13.6. The first-order valence-electron chi connectivity index (χ1n) is 10.7. The van der Waals surface area contributed by atoms with Crippen molar-refractivity contribution in [2.75, 3.05) is 13.1 Å². The van der Waals surface area contributed by atoms with Gasteiger partial charge in [-0.15, -0.1) is 0 Å². The van der Waals surface area contributed by atoms with Gasteiger partial charge in [-0.05, 0) is 68.2 Å². The Balaban J connectivity index is 1.30. The van der Waals surface area contributed by atoms with Crippen LogP contribution in [0.25, 0.3) is 0 Å². The van der Waals surface area contributed by atoms with E-state index in [9.17, 15) is 4.79 Å². The first-order valence-corrected chi connectivity index (χ1v) is 10.7. The maximum Gasteiger partial charge on any atom is 0.219 e. The maximum absolute atomic E-state index is 11.5. The topological polar surface area (TPSA) is 36.7 Å². The lowest BCUT2D eigenvalue weighted by atomic mass is 9.90. The predicted octanol–water partition coefficient (Wildman–Crippen LogP) is 4.55. The molecule has 2 aliphatic rings. The number of likely N-dealkylation sites (tertiary alicyclic amines) is 1. The number of aryl methyl sites for hydroxylation is 1. The Morgan fingerprint density at radius 1 is 1.00 bits per heavy atom. The number of piperidine rings is 1. The Kier molecular flexibility index (Phi) is 5.86. The molecule has 4 heteroatoms. The van der Waals surface area contributed by atoms with Gasteiger partial charge in [-0.1, -0.05) is 24.3 Å². The van der Waals surface area contributed by atoms with Crippen molar-refractivity contribution >= 4 is 5.91 Å². The Bertz CT molecular complexity index is 783. The van der Waals surface area contributed by atoms with E-state index in [1.807, 2.05) is 11.8 Å². The molecule has 0 radical (unpaired) electrons. The summed E-state index contributed by atoms with van der Waals surface area (Å²) < 4.78 is 5.79. The molecule has 28 heavy (non-hydrogen) atoms. The minimum atomic E-state index is 0.215. The number of benzene rings is 1. The fraction of sp³-hybridized carbons (Fsp3) is 0.542. The molecule has 1 aliphatic heterocycles. The average Bonchev–Trinajstić information content (AvgIpc) is 3.46. The number of rotatable bonds is 7. The van der Waals surface area contributed by atoms with E-state index in [0.29, 0.717) is 12.0 Å². The summed E-state index contributed by atoms with van der Waals surface area (Å²) in [7, 11) is 0. The molecule has 1 aromatic carbocycles. The van der Waals surface area contributed by atoms with Gasteiger partial charge in [0.2, 0.25) is 5.91 Å². The van der Waals surface area contributed by atoms with Gasteiger partial charge in [0, 0.05) is 32.6 Å². The third-order valence-corrected chi connectivity index (χ3v) is 6.21. The van der Waals surface area contributed by atoms with Gasteiger partial charge in [0.1, 0.15) is 11.5 Å². The number of carbonyl (C=O) groups is 1. The second kappa shape index (κ2) is 8.52. The molecule has 1 saturated heterocycles. The zero-order valence-corrected chi connectivity index (χ0v) is 17.2. The van der Waals surface area contributed by atoms with E-state index in [4.69, 9.17) is 4.42 Å². The van der Waals surface area contributed by atoms with E-state index in [2.05, 4.69) is 41.3 Å². The molecule has 4 nitrogen and oxygen atoms in total. The van der Waals surface area contributed by atoms with E-state index < -0.39 is 0 Å². The van der Waals surface area contributed by atoms with Crippen molar-refractivity contribution < 1.29 is 9.21 Å². The molecular formula is C24H32N2O2. The highest BCUT2D eigenvalue weighted by Crippen LogP contribution is 2.30. The molecule has 0 unspecified atom stereocenters. The van der Waals surface area contributed by atoms with Crippen LogP contribution in [-0.2, 0) is 24.3 Å². The molecular weight excluding hydrogens is 348 g/mol. The summed E-state index contributed by atoms with van der Waals surface area (Å²) in [5, 5.41) is 0. The van der Waals surface area contributed by atoms with Crippen LogP contribution in [0.1, 0.15) is 55.3 Å². The van der Waals surface area contributed by atoms with Gasteiger partial charge in [-0.25, -0.2) is 0 Å². The normalized spacial score (nSPS) is 18.0. The van der Waals surface area contributed by atoms with Crippen LogP contribution in [0.5, 0.6) is 0 Å². The van der Waals surface area contributed by atoms with Gasteiger partial charge in [-0.3, -0.25) is 9.69 Å². The predicted molar refractivity (Wildman–Crippen MR) is 111 cm³/mol. The highest BCUT2D eigenvalue weighted by atomic mass is 16.3. The van der Waals surface area contributed by atoms with Crippen molar-refractivity contribution in [3.8, 4) is 0 Å². The van der Waals surface area contributed by atoms with Crippen LogP contribution < -0.4 is 0 Å². The number of hydrogen-bond donors (Lipinski definition) is 0. The van der Waals surface area contributed by atoms with E-state index >= 15 is 0 Å². The molecule has 2 aromatic rings.